The van der Waals surface area contributed by atoms with Crippen LogP contribution in [0.4, 0.5) is 0 Å². The van der Waals surface area contributed by atoms with Crippen LogP contribution >= 0.6 is 34.9 Å². The van der Waals surface area contributed by atoms with E-state index < -0.39 is 0 Å². The summed E-state index contributed by atoms with van der Waals surface area (Å²) in [6.07, 6.45) is 6.14. The molecule has 0 atom stereocenters. The summed E-state index contributed by atoms with van der Waals surface area (Å²) in [6, 6.07) is 3.73. The Morgan fingerprint density at radius 1 is 1.27 bits per heavy atom. The molecule has 0 N–H and O–H groups in total. The Balaban J connectivity index is 1.72. The third-order valence-corrected chi connectivity index (χ3v) is 6.34. The minimum Gasteiger partial charge on any atom is -0.495 e. The maximum Gasteiger partial charge on any atom is 0.233 e. The highest BCUT2D eigenvalue weighted by atomic mass is 32.2. The summed E-state index contributed by atoms with van der Waals surface area (Å²) < 4.78 is 5.29. The molecule has 0 unspecified atom stereocenters. The van der Waals surface area contributed by atoms with Crippen LogP contribution in [0.1, 0.15) is 23.5 Å². The van der Waals surface area contributed by atoms with Crippen molar-refractivity contribution in [1.29, 1.82) is 0 Å². The van der Waals surface area contributed by atoms with Crippen LogP contribution < -0.4 is 4.74 Å². The second-order valence-corrected chi connectivity index (χ2v) is 8.45. The lowest BCUT2D eigenvalue weighted by molar-refractivity contribution is -0.403. The lowest BCUT2D eigenvalue weighted by atomic mass is 10.2. The van der Waals surface area contributed by atoms with Crippen molar-refractivity contribution in [1.82, 2.24) is 9.97 Å². The zero-order valence-electron chi connectivity index (χ0n) is 14.5. The summed E-state index contributed by atoms with van der Waals surface area (Å²) in [5, 5.41) is 13.9. The summed E-state index contributed by atoms with van der Waals surface area (Å²) in [4.78, 5) is 19.1. The molecule has 26 heavy (non-hydrogen) atoms. The van der Waals surface area contributed by atoms with Crippen LogP contribution in [0.5, 0.6) is 5.75 Å². The highest BCUT2D eigenvalue weighted by molar-refractivity contribution is 7.98. The van der Waals surface area contributed by atoms with E-state index in [-0.39, 0.29) is 4.92 Å². The molecular weight excluding hydrogens is 390 g/mol. The summed E-state index contributed by atoms with van der Waals surface area (Å²) in [5.74, 6) is 4.04. The molecule has 140 valence electrons. The van der Waals surface area contributed by atoms with E-state index in [0.29, 0.717) is 6.42 Å². The van der Waals surface area contributed by atoms with Gasteiger partial charge in [0.25, 0.3) is 0 Å². The summed E-state index contributed by atoms with van der Waals surface area (Å²) in [5.41, 5.74) is 1.78. The largest absolute Gasteiger partial charge is 0.495 e. The number of methoxy groups -OCH3 is 1. The first-order chi connectivity index (χ1) is 12.7. The van der Waals surface area contributed by atoms with Crippen molar-refractivity contribution in [3.8, 4) is 5.75 Å². The number of ether oxygens (including phenoxy) is 1. The Bertz CT molecular complexity index is 708. The van der Waals surface area contributed by atoms with Gasteiger partial charge in [-0.05, 0) is 36.5 Å². The van der Waals surface area contributed by atoms with E-state index in [2.05, 4.69) is 9.97 Å². The molecule has 9 heteroatoms. The summed E-state index contributed by atoms with van der Waals surface area (Å²) in [6.45, 7) is 0. The maximum atomic E-state index is 10.8. The minimum absolute atomic E-state index is 0.354. The first-order valence-electron chi connectivity index (χ1n) is 8.04. The zero-order valence-corrected chi connectivity index (χ0v) is 16.9. The molecule has 0 saturated carbocycles. The van der Waals surface area contributed by atoms with E-state index in [9.17, 15) is 10.1 Å². The smallest absolute Gasteiger partial charge is 0.233 e. The van der Waals surface area contributed by atoms with Crippen molar-refractivity contribution in [3.63, 3.8) is 0 Å². The number of hydrogen-bond acceptors (Lipinski definition) is 8. The van der Waals surface area contributed by atoms with E-state index >= 15 is 0 Å². The van der Waals surface area contributed by atoms with E-state index in [1.807, 2.05) is 17.5 Å². The number of aromatic nitrogens is 2. The Labute approximate surface area is 165 Å². The second kappa shape index (κ2) is 11.9. The van der Waals surface area contributed by atoms with Gasteiger partial charge in [0, 0.05) is 34.9 Å². The molecule has 0 amide bonds. The van der Waals surface area contributed by atoms with Gasteiger partial charge in [0.1, 0.15) is 10.8 Å². The fourth-order valence-electron chi connectivity index (χ4n) is 2.18. The first kappa shape index (κ1) is 20.7. The maximum absolute atomic E-state index is 10.8. The SMILES string of the molecule is COc1cccnc1CSCCC(=C[N+](=O)[O-])CCSCc1nccs1. The zero-order chi connectivity index (χ0) is 18.6. The van der Waals surface area contributed by atoms with Crippen molar-refractivity contribution in [2.45, 2.75) is 24.3 Å². The van der Waals surface area contributed by atoms with Gasteiger partial charge < -0.3 is 4.74 Å². The van der Waals surface area contributed by atoms with Gasteiger partial charge in [-0.2, -0.15) is 23.5 Å². The minimum atomic E-state index is -0.354. The standard InChI is InChI=1S/C17H21N3O3S3/c1-23-16-3-2-6-18-15(16)12-24-8-4-14(11-20(21)22)5-9-25-13-17-19-7-10-26-17/h2-3,6-7,10-11H,4-5,8-9,12-13H2,1H3. The fourth-order valence-corrected chi connectivity index (χ4v) is 4.86. The number of pyridine rings is 1. The average molecular weight is 412 g/mol. The lowest BCUT2D eigenvalue weighted by Crippen LogP contribution is -1.97. The van der Waals surface area contributed by atoms with Crippen LogP contribution in [0, 0.1) is 10.1 Å². The normalized spacial score (nSPS) is 11.5. The number of thiazole rings is 1. The van der Waals surface area contributed by atoms with Gasteiger partial charge in [-0.3, -0.25) is 15.1 Å². The molecule has 0 fully saturated rings. The molecule has 0 aliphatic carbocycles. The topological polar surface area (TPSA) is 78.2 Å². The van der Waals surface area contributed by atoms with Gasteiger partial charge >= 0.3 is 0 Å². The van der Waals surface area contributed by atoms with Crippen molar-refractivity contribution < 1.29 is 9.66 Å². The second-order valence-electron chi connectivity index (χ2n) is 5.26. The van der Waals surface area contributed by atoms with E-state index in [1.54, 1.807) is 54.4 Å². The number of rotatable bonds is 12. The van der Waals surface area contributed by atoms with Crippen molar-refractivity contribution in [3.05, 3.63) is 62.5 Å². The average Bonchev–Trinajstić information content (AvgIpc) is 3.15. The lowest BCUT2D eigenvalue weighted by Gasteiger charge is -2.07. The predicted octanol–water partition coefficient (Wildman–Crippen LogP) is 4.65. The number of thioether (sulfide) groups is 2. The van der Waals surface area contributed by atoms with Gasteiger partial charge in [-0.15, -0.1) is 11.3 Å². The molecule has 0 aliphatic rings. The van der Waals surface area contributed by atoms with E-state index in [0.717, 1.165) is 57.7 Å². The van der Waals surface area contributed by atoms with Crippen LogP contribution in [-0.4, -0.2) is 33.5 Å². The van der Waals surface area contributed by atoms with Crippen LogP contribution in [0.25, 0.3) is 0 Å². The molecule has 2 aromatic rings. The first-order valence-corrected chi connectivity index (χ1v) is 11.2. The highest BCUT2D eigenvalue weighted by Crippen LogP contribution is 2.23. The monoisotopic (exact) mass is 411 g/mol. The molecule has 0 saturated heterocycles. The van der Waals surface area contributed by atoms with Gasteiger partial charge in [0.15, 0.2) is 0 Å². The molecular formula is C17H21N3O3S3. The summed E-state index contributed by atoms with van der Waals surface area (Å²) in [7, 11) is 1.63. The highest BCUT2D eigenvalue weighted by Gasteiger charge is 2.07. The van der Waals surface area contributed by atoms with Crippen LogP contribution in [0.3, 0.4) is 0 Å². The van der Waals surface area contributed by atoms with Crippen LogP contribution in [0.15, 0.2) is 41.7 Å². The number of nitrogens with zero attached hydrogens (tertiary/aromatic N) is 3. The molecule has 0 bridgehead atoms. The molecule has 2 rings (SSSR count). The van der Waals surface area contributed by atoms with Crippen LogP contribution in [0.2, 0.25) is 0 Å². The Morgan fingerprint density at radius 2 is 2.04 bits per heavy atom. The number of hydrogen-bond donors (Lipinski definition) is 0. The van der Waals surface area contributed by atoms with Gasteiger partial charge in [0.05, 0.1) is 17.7 Å². The van der Waals surface area contributed by atoms with Gasteiger partial charge in [-0.1, -0.05) is 0 Å². The number of nitro groups is 1. The molecule has 0 aliphatic heterocycles. The van der Waals surface area contributed by atoms with E-state index in [1.165, 1.54) is 0 Å². The van der Waals surface area contributed by atoms with Gasteiger partial charge in [-0.25, -0.2) is 4.98 Å². The molecule has 0 spiro atoms. The van der Waals surface area contributed by atoms with Gasteiger partial charge in [0.2, 0.25) is 6.20 Å². The van der Waals surface area contributed by atoms with Crippen molar-refractivity contribution >= 4 is 34.9 Å². The summed E-state index contributed by atoms with van der Waals surface area (Å²) >= 11 is 5.10. The predicted molar refractivity (Wildman–Crippen MR) is 110 cm³/mol. The molecule has 0 radical (unpaired) electrons. The molecule has 0 aromatic carbocycles. The van der Waals surface area contributed by atoms with E-state index in [4.69, 9.17) is 4.74 Å². The van der Waals surface area contributed by atoms with Crippen molar-refractivity contribution in [2.24, 2.45) is 0 Å². The Morgan fingerprint density at radius 3 is 2.69 bits per heavy atom. The molecule has 2 aromatic heterocycles. The quantitative estimate of drug-likeness (QED) is 0.286. The number of allylic oxidation sites excluding steroid dienone is 1. The third-order valence-electron chi connectivity index (χ3n) is 3.44. The van der Waals surface area contributed by atoms with Crippen molar-refractivity contribution in [2.75, 3.05) is 18.6 Å². The Kier molecular flexibility index (Phi) is 9.51. The van der Waals surface area contributed by atoms with Crippen LogP contribution in [-0.2, 0) is 11.5 Å². The molecule has 2 heterocycles. The Hall–Kier alpha value is -1.58. The fraction of sp³-hybridized carbons (Fsp3) is 0.412. The molecule has 6 nitrogen and oxygen atoms in total. The third kappa shape index (κ3) is 7.76.